The Morgan fingerprint density at radius 2 is 2.18 bits per heavy atom. The fraction of sp³-hybridized carbons (Fsp3) is 0.467. The number of ether oxygens (including phenoxy) is 2. The Morgan fingerprint density at radius 1 is 1.41 bits per heavy atom. The highest BCUT2D eigenvalue weighted by molar-refractivity contribution is 8.00. The second-order valence-electron chi connectivity index (χ2n) is 4.97. The summed E-state index contributed by atoms with van der Waals surface area (Å²) >= 11 is 1.52. The van der Waals surface area contributed by atoms with Crippen LogP contribution in [0.5, 0.6) is 11.5 Å². The van der Waals surface area contributed by atoms with Crippen LogP contribution in [-0.2, 0) is 9.59 Å². The van der Waals surface area contributed by atoms with E-state index in [0.29, 0.717) is 23.1 Å². The van der Waals surface area contributed by atoms with Crippen LogP contribution < -0.4 is 14.8 Å². The van der Waals surface area contributed by atoms with E-state index >= 15 is 0 Å². The third-order valence-corrected chi connectivity index (χ3v) is 4.39. The van der Waals surface area contributed by atoms with E-state index in [1.165, 1.54) is 11.8 Å². The lowest BCUT2D eigenvalue weighted by Gasteiger charge is -2.20. The van der Waals surface area contributed by atoms with E-state index < -0.39 is 0 Å². The number of carbonyl (C=O) groups is 2. The molecule has 1 saturated heterocycles. The van der Waals surface area contributed by atoms with Crippen LogP contribution in [0.3, 0.4) is 0 Å². The lowest BCUT2D eigenvalue weighted by atomic mass is 10.1. The summed E-state index contributed by atoms with van der Waals surface area (Å²) in [4.78, 5) is 25.2. The van der Waals surface area contributed by atoms with Gasteiger partial charge in [-0.15, -0.1) is 11.8 Å². The highest BCUT2D eigenvalue weighted by Crippen LogP contribution is 2.29. The van der Waals surface area contributed by atoms with Crippen molar-refractivity contribution in [1.29, 1.82) is 0 Å². The molecule has 120 valence electrons. The highest BCUT2D eigenvalue weighted by atomic mass is 32.2. The fourth-order valence-electron chi connectivity index (χ4n) is 2.26. The molecule has 2 amide bonds. The van der Waals surface area contributed by atoms with Gasteiger partial charge in [0.15, 0.2) is 0 Å². The first kappa shape index (κ1) is 16.5. The van der Waals surface area contributed by atoms with E-state index in [1.54, 1.807) is 31.3 Å². The molecule has 7 heteroatoms. The van der Waals surface area contributed by atoms with Crippen molar-refractivity contribution >= 4 is 23.6 Å². The van der Waals surface area contributed by atoms with Gasteiger partial charge < -0.3 is 19.7 Å². The summed E-state index contributed by atoms with van der Waals surface area (Å²) in [6, 6.07) is 5.19. The summed E-state index contributed by atoms with van der Waals surface area (Å²) < 4.78 is 10.5. The van der Waals surface area contributed by atoms with Crippen LogP contribution in [0.25, 0.3) is 0 Å². The number of thioether (sulfide) groups is 1. The Hall–Kier alpha value is -1.89. The van der Waals surface area contributed by atoms with E-state index in [0.717, 1.165) is 5.56 Å². The number of nitrogens with one attached hydrogen (secondary N) is 1. The number of hydrogen-bond donors (Lipinski definition) is 1. The van der Waals surface area contributed by atoms with Gasteiger partial charge >= 0.3 is 0 Å². The van der Waals surface area contributed by atoms with Gasteiger partial charge in [0.05, 0.1) is 31.9 Å². The molecule has 0 radical (unpaired) electrons. The molecule has 0 aliphatic carbocycles. The van der Waals surface area contributed by atoms with Crippen LogP contribution in [-0.4, -0.2) is 49.1 Å². The third kappa shape index (κ3) is 3.85. The molecule has 1 unspecified atom stereocenters. The molecule has 6 nitrogen and oxygen atoms in total. The zero-order valence-electron chi connectivity index (χ0n) is 12.9. The monoisotopic (exact) mass is 324 g/mol. The Balaban J connectivity index is 2.03. The van der Waals surface area contributed by atoms with Crippen molar-refractivity contribution in [3.8, 4) is 11.5 Å². The van der Waals surface area contributed by atoms with Crippen molar-refractivity contribution in [3.63, 3.8) is 0 Å². The predicted molar refractivity (Wildman–Crippen MR) is 85.1 cm³/mol. The van der Waals surface area contributed by atoms with Gasteiger partial charge in [0.2, 0.25) is 11.8 Å². The summed E-state index contributed by atoms with van der Waals surface area (Å²) in [6.07, 6.45) is 0. The molecule has 1 aromatic carbocycles. The molecule has 1 atom stereocenters. The van der Waals surface area contributed by atoms with E-state index in [2.05, 4.69) is 5.32 Å². The average molecular weight is 324 g/mol. The first-order valence-electron chi connectivity index (χ1n) is 6.92. The fourth-order valence-corrected chi connectivity index (χ4v) is 3.16. The molecule has 0 aromatic heterocycles. The maximum absolute atomic E-state index is 12.1. The zero-order valence-corrected chi connectivity index (χ0v) is 13.7. The Bertz CT molecular complexity index is 564. The summed E-state index contributed by atoms with van der Waals surface area (Å²) in [5.41, 5.74) is 0.831. The van der Waals surface area contributed by atoms with Crippen LogP contribution in [0.2, 0.25) is 0 Å². The number of amides is 2. The third-order valence-electron chi connectivity index (χ3n) is 3.44. The number of rotatable bonds is 6. The Kier molecular flexibility index (Phi) is 5.54. The van der Waals surface area contributed by atoms with E-state index in [9.17, 15) is 9.59 Å². The van der Waals surface area contributed by atoms with Crippen molar-refractivity contribution in [1.82, 2.24) is 10.2 Å². The summed E-state index contributed by atoms with van der Waals surface area (Å²) in [7, 11) is 3.17. The number of methoxy groups -OCH3 is 2. The minimum absolute atomic E-state index is 0.00626. The average Bonchev–Trinajstić information content (AvgIpc) is 2.91. The molecule has 1 heterocycles. The largest absolute Gasteiger partial charge is 0.497 e. The predicted octanol–water partition coefficient (Wildman–Crippen LogP) is 1.41. The molecular weight excluding hydrogens is 304 g/mol. The second kappa shape index (κ2) is 7.40. The first-order valence-corrected chi connectivity index (χ1v) is 8.07. The minimum atomic E-state index is -0.247. The normalized spacial score (nSPS) is 15.6. The summed E-state index contributed by atoms with van der Waals surface area (Å²) in [5, 5.41) is 2.89. The second-order valence-corrected chi connectivity index (χ2v) is 5.92. The molecule has 1 N–H and O–H groups in total. The van der Waals surface area contributed by atoms with Gasteiger partial charge in [-0.05, 0) is 25.1 Å². The number of benzene rings is 1. The molecule has 1 aromatic rings. The van der Waals surface area contributed by atoms with Crippen LogP contribution in [0.4, 0.5) is 0 Å². The SMILES string of the molecule is COc1ccc(OC)c(C(C)NC(=O)CN2CSCC2=O)c1. The van der Waals surface area contributed by atoms with E-state index in [4.69, 9.17) is 9.47 Å². The van der Waals surface area contributed by atoms with Crippen LogP contribution in [0.1, 0.15) is 18.5 Å². The molecule has 2 rings (SSSR count). The van der Waals surface area contributed by atoms with Crippen LogP contribution in [0, 0.1) is 0 Å². The molecule has 1 aliphatic rings. The molecule has 1 aliphatic heterocycles. The van der Waals surface area contributed by atoms with Gasteiger partial charge in [-0.3, -0.25) is 9.59 Å². The number of carbonyl (C=O) groups excluding carboxylic acids is 2. The van der Waals surface area contributed by atoms with Gasteiger partial charge in [-0.25, -0.2) is 0 Å². The maximum Gasteiger partial charge on any atom is 0.240 e. The van der Waals surface area contributed by atoms with Crippen molar-refractivity contribution in [3.05, 3.63) is 23.8 Å². The molecule has 22 heavy (non-hydrogen) atoms. The summed E-state index contributed by atoms with van der Waals surface area (Å²) in [6.45, 7) is 1.96. The highest BCUT2D eigenvalue weighted by Gasteiger charge is 2.24. The Labute approximate surface area is 134 Å². The number of nitrogens with zero attached hydrogens (tertiary/aromatic N) is 1. The van der Waals surface area contributed by atoms with Gasteiger partial charge in [-0.1, -0.05) is 0 Å². The first-order chi connectivity index (χ1) is 10.5. The zero-order chi connectivity index (χ0) is 16.1. The van der Waals surface area contributed by atoms with Crippen molar-refractivity contribution < 1.29 is 19.1 Å². The standard InChI is InChI=1S/C15H20N2O4S/c1-10(12-6-11(20-2)4-5-13(12)21-3)16-14(18)7-17-9-22-8-15(17)19/h4-6,10H,7-9H2,1-3H3,(H,16,18). The minimum Gasteiger partial charge on any atom is -0.497 e. The van der Waals surface area contributed by atoms with Crippen LogP contribution in [0.15, 0.2) is 18.2 Å². The van der Waals surface area contributed by atoms with Crippen LogP contribution >= 0.6 is 11.8 Å². The van der Waals surface area contributed by atoms with Crippen molar-refractivity contribution in [2.24, 2.45) is 0 Å². The maximum atomic E-state index is 12.1. The van der Waals surface area contributed by atoms with Crippen molar-refractivity contribution in [2.75, 3.05) is 32.4 Å². The Morgan fingerprint density at radius 3 is 2.77 bits per heavy atom. The molecular formula is C15H20N2O4S. The molecule has 1 fully saturated rings. The van der Waals surface area contributed by atoms with E-state index in [1.807, 2.05) is 13.0 Å². The van der Waals surface area contributed by atoms with E-state index in [-0.39, 0.29) is 24.4 Å². The molecule has 0 spiro atoms. The summed E-state index contributed by atoms with van der Waals surface area (Å²) in [5.74, 6) is 2.22. The van der Waals surface area contributed by atoms with Crippen molar-refractivity contribution in [2.45, 2.75) is 13.0 Å². The van der Waals surface area contributed by atoms with Gasteiger partial charge in [-0.2, -0.15) is 0 Å². The topological polar surface area (TPSA) is 67.9 Å². The van der Waals surface area contributed by atoms with Gasteiger partial charge in [0.25, 0.3) is 0 Å². The molecule has 0 bridgehead atoms. The molecule has 0 saturated carbocycles. The lowest BCUT2D eigenvalue weighted by Crippen LogP contribution is -2.39. The van der Waals surface area contributed by atoms with Gasteiger partial charge in [0, 0.05) is 5.56 Å². The lowest BCUT2D eigenvalue weighted by molar-refractivity contribution is -0.132. The smallest absolute Gasteiger partial charge is 0.240 e. The number of hydrogen-bond acceptors (Lipinski definition) is 5. The quantitative estimate of drug-likeness (QED) is 0.857. The van der Waals surface area contributed by atoms with Gasteiger partial charge in [0.1, 0.15) is 18.0 Å².